The van der Waals surface area contributed by atoms with Crippen molar-refractivity contribution >= 4 is 0 Å². The first-order chi connectivity index (χ1) is 5.72. The lowest BCUT2D eigenvalue weighted by molar-refractivity contribution is 0.501. The summed E-state index contributed by atoms with van der Waals surface area (Å²) in [5.41, 5.74) is 6.97. The second-order valence-electron chi connectivity index (χ2n) is 3.71. The molecule has 2 nitrogen and oxygen atoms in total. The van der Waals surface area contributed by atoms with E-state index < -0.39 is 0 Å². The highest BCUT2D eigenvalue weighted by Gasteiger charge is 2.38. The normalized spacial score (nSPS) is 27.6. The maximum Gasteiger partial charge on any atom is 0.104 e. The smallest absolute Gasteiger partial charge is 0.104 e. The van der Waals surface area contributed by atoms with Crippen LogP contribution in [0.5, 0.6) is 0 Å². The van der Waals surface area contributed by atoms with Crippen molar-refractivity contribution in [2.24, 2.45) is 11.7 Å². The highest BCUT2D eigenvalue weighted by Crippen LogP contribution is 2.48. The van der Waals surface area contributed by atoms with Gasteiger partial charge in [-0.3, -0.25) is 0 Å². The van der Waals surface area contributed by atoms with Gasteiger partial charge in [0.2, 0.25) is 0 Å². The molecule has 1 aromatic heterocycles. The number of rotatable bonds is 2. The lowest BCUT2D eigenvalue weighted by Crippen LogP contribution is -2.01. The van der Waals surface area contributed by atoms with Crippen LogP contribution in [-0.2, 0) is 0 Å². The molecule has 0 aliphatic heterocycles. The molecule has 12 heavy (non-hydrogen) atoms. The third-order valence-corrected chi connectivity index (χ3v) is 2.70. The van der Waals surface area contributed by atoms with Crippen molar-refractivity contribution in [2.75, 3.05) is 6.54 Å². The topological polar surface area (TPSA) is 39.2 Å². The van der Waals surface area contributed by atoms with Crippen molar-refractivity contribution in [3.63, 3.8) is 0 Å². The van der Waals surface area contributed by atoms with Gasteiger partial charge in [-0.1, -0.05) is 0 Å². The van der Waals surface area contributed by atoms with E-state index >= 15 is 0 Å². The largest absolute Gasteiger partial charge is 0.466 e. The minimum Gasteiger partial charge on any atom is -0.466 e. The molecule has 0 aromatic carbocycles. The molecule has 0 unspecified atom stereocenters. The van der Waals surface area contributed by atoms with Gasteiger partial charge < -0.3 is 10.2 Å². The predicted molar refractivity (Wildman–Crippen MR) is 48.1 cm³/mol. The third kappa shape index (κ3) is 1.16. The Kier molecular flexibility index (Phi) is 1.72. The Balaban J connectivity index is 2.19. The van der Waals surface area contributed by atoms with Gasteiger partial charge in [0.05, 0.1) is 0 Å². The molecule has 2 atom stereocenters. The Morgan fingerprint density at radius 2 is 2.33 bits per heavy atom. The van der Waals surface area contributed by atoms with Crippen molar-refractivity contribution in [1.82, 2.24) is 0 Å². The molecular weight excluding hydrogens is 150 g/mol. The van der Waals surface area contributed by atoms with Gasteiger partial charge in [0.1, 0.15) is 11.5 Å². The van der Waals surface area contributed by atoms with Crippen molar-refractivity contribution in [3.05, 3.63) is 23.2 Å². The van der Waals surface area contributed by atoms with Gasteiger partial charge in [0.25, 0.3) is 0 Å². The van der Waals surface area contributed by atoms with Crippen LogP contribution in [0.15, 0.2) is 10.5 Å². The third-order valence-electron chi connectivity index (χ3n) is 2.70. The highest BCUT2D eigenvalue weighted by atomic mass is 16.3. The molecule has 2 N–H and O–H groups in total. The minimum atomic E-state index is 0.687. The summed E-state index contributed by atoms with van der Waals surface area (Å²) in [5, 5.41) is 0. The molecule has 0 radical (unpaired) electrons. The van der Waals surface area contributed by atoms with Gasteiger partial charge in [-0.05, 0) is 50.3 Å². The summed E-state index contributed by atoms with van der Waals surface area (Å²) in [6.45, 7) is 4.85. The number of aryl methyl sites for hydroxylation is 2. The van der Waals surface area contributed by atoms with Crippen molar-refractivity contribution in [3.8, 4) is 0 Å². The average molecular weight is 165 g/mol. The van der Waals surface area contributed by atoms with Gasteiger partial charge in [0, 0.05) is 0 Å². The summed E-state index contributed by atoms with van der Waals surface area (Å²) in [7, 11) is 0. The van der Waals surface area contributed by atoms with Crippen LogP contribution in [0.25, 0.3) is 0 Å². The monoisotopic (exact) mass is 165 g/mol. The average Bonchev–Trinajstić information content (AvgIpc) is 2.72. The number of hydrogen-bond acceptors (Lipinski definition) is 2. The van der Waals surface area contributed by atoms with Gasteiger partial charge >= 0.3 is 0 Å². The molecule has 1 fully saturated rings. The molecular formula is C10H15NO. The SMILES string of the molecule is Cc1cc([C@@H]2C[C@H]2CN)c(C)o1. The standard InChI is InChI=1S/C10H15NO/c1-6-3-9(7(2)12-6)10-4-8(10)5-11/h3,8,10H,4-5,11H2,1-2H3/t8-,10+/m0/s1. The second kappa shape index (κ2) is 2.63. The minimum absolute atomic E-state index is 0.687. The van der Waals surface area contributed by atoms with E-state index in [1.54, 1.807) is 0 Å². The molecule has 1 heterocycles. The lowest BCUT2D eigenvalue weighted by Gasteiger charge is -1.93. The van der Waals surface area contributed by atoms with E-state index in [1.165, 1.54) is 12.0 Å². The molecule has 1 aliphatic carbocycles. The van der Waals surface area contributed by atoms with E-state index in [0.717, 1.165) is 18.1 Å². The van der Waals surface area contributed by atoms with E-state index in [-0.39, 0.29) is 0 Å². The summed E-state index contributed by atoms with van der Waals surface area (Å²) in [4.78, 5) is 0. The second-order valence-corrected chi connectivity index (χ2v) is 3.71. The fraction of sp³-hybridized carbons (Fsp3) is 0.600. The first-order valence-electron chi connectivity index (χ1n) is 4.49. The zero-order valence-corrected chi connectivity index (χ0v) is 7.63. The molecule has 0 bridgehead atoms. The molecule has 2 heteroatoms. The summed E-state index contributed by atoms with van der Waals surface area (Å²) >= 11 is 0. The Hall–Kier alpha value is -0.760. The fourth-order valence-corrected chi connectivity index (χ4v) is 1.91. The fourth-order valence-electron chi connectivity index (χ4n) is 1.91. The molecule has 66 valence electrons. The zero-order chi connectivity index (χ0) is 8.72. The van der Waals surface area contributed by atoms with E-state index in [0.29, 0.717) is 11.8 Å². The van der Waals surface area contributed by atoms with Crippen LogP contribution in [0, 0.1) is 19.8 Å². The first kappa shape index (κ1) is 7.87. The summed E-state index contributed by atoms with van der Waals surface area (Å²) in [6.07, 6.45) is 1.25. The summed E-state index contributed by atoms with van der Waals surface area (Å²) in [6, 6.07) is 2.15. The van der Waals surface area contributed by atoms with Gasteiger partial charge in [0.15, 0.2) is 0 Å². The first-order valence-corrected chi connectivity index (χ1v) is 4.49. The molecule has 1 saturated carbocycles. The van der Waals surface area contributed by atoms with Crippen LogP contribution in [0.1, 0.15) is 29.4 Å². The molecule has 0 amide bonds. The van der Waals surface area contributed by atoms with Crippen LogP contribution in [0.3, 0.4) is 0 Å². The van der Waals surface area contributed by atoms with Crippen LogP contribution < -0.4 is 5.73 Å². The summed E-state index contributed by atoms with van der Waals surface area (Å²) < 4.78 is 5.47. The number of hydrogen-bond donors (Lipinski definition) is 1. The van der Waals surface area contributed by atoms with Gasteiger partial charge in [-0.2, -0.15) is 0 Å². The van der Waals surface area contributed by atoms with Crippen LogP contribution >= 0.6 is 0 Å². The van der Waals surface area contributed by atoms with Crippen molar-refractivity contribution < 1.29 is 4.42 Å². The number of nitrogens with two attached hydrogens (primary N) is 1. The van der Waals surface area contributed by atoms with Gasteiger partial charge in [-0.25, -0.2) is 0 Å². The number of furan rings is 1. The zero-order valence-electron chi connectivity index (χ0n) is 7.63. The maximum atomic E-state index is 5.59. The Bertz CT molecular complexity index is 290. The van der Waals surface area contributed by atoms with Crippen molar-refractivity contribution in [1.29, 1.82) is 0 Å². The molecule has 1 aromatic rings. The Morgan fingerprint density at radius 3 is 2.75 bits per heavy atom. The predicted octanol–water partition coefficient (Wildman–Crippen LogP) is 1.96. The van der Waals surface area contributed by atoms with E-state index in [4.69, 9.17) is 10.2 Å². The van der Waals surface area contributed by atoms with E-state index in [2.05, 4.69) is 6.07 Å². The molecule has 0 spiro atoms. The molecule has 0 saturated heterocycles. The van der Waals surface area contributed by atoms with Crippen molar-refractivity contribution in [2.45, 2.75) is 26.2 Å². The van der Waals surface area contributed by atoms with Crippen LogP contribution in [0.2, 0.25) is 0 Å². The highest BCUT2D eigenvalue weighted by molar-refractivity contribution is 5.30. The lowest BCUT2D eigenvalue weighted by atomic mass is 10.1. The Morgan fingerprint density at radius 1 is 1.58 bits per heavy atom. The Labute approximate surface area is 72.7 Å². The van der Waals surface area contributed by atoms with E-state index in [1.807, 2.05) is 13.8 Å². The maximum absolute atomic E-state index is 5.59. The quantitative estimate of drug-likeness (QED) is 0.727. The van der Waals surface area contributed by atoms with Gasteiger partial charge in [-0.15, -0.1) is 0 Å². The van der Waals surface area contributed by atoms with Crippen LogP contribution in [0.4, 0.5) is 0 Å². The summed E-state index contributed by atoms with van der Waals surface area (Å²) in [5.74, 6) is 3.49. The molecule has 1 aliphatic rings. The molecule has 2 rings (SSSR count). The van der Waals surface area contributed by atoms with Crippen LogP contribution in [-0.4, -0.2) is 6.54 Å². The van der Waals surface area contributed by atoms with E-state index in [9.17, 15) is 0 Å².